The number of ether oxygens (including phenoxy) is 7. The predicted octanol–water partition coefficient (Wildman–Crippen LogP) is 7.41. The third-order valence-electron chi connectivity index (χ3n) is 9.36. The average Bonchev–Trinajstić information content (AvgIpc) is 3.24. The Morgan fingerprint density at radius 1 is 0.655 bits per heavy atom. The second-order valence-electron chi connectivity index (χ2n) is 13.2. The van der Waals surface area contributed by atoms with Crippen LogP contribution in [0.4, 0.5) is 20.2 Å². The van der Waals surface area contributed by atoms with Crippen LogP contribution < -0.4 is 40.0 Å². The number of esters is 1. The van der Waals surface area contributed by atoms with Crippen LogP contribution in [0, 0.1) is 11.6 Å². The number of rotatable bonds is 14. The number of nitrogens with two attached hydrogens (primary N) is 1. The second kappa shape index (κ2) is 21.6. The Bertz CT molecular complexity index is 1860. The minimum atomic E-state index is -0.471. The van der Waals surface area contributed by atoms with Crippen molar-refractivity contribution in [2.24, 2.45) is 5.84 Å². The maximum Gasteiger partial charge on any atom is 0.341 e. The van der Waals surface area contributed by atoms with Gasteiger partial charge in [-0.1, -0.05) is 23.2 Å². The lowest BCUT2D eigenvalue weighted by atomic mass is 10.1. The molecule has 0 spiro atoms. The van der Waals surface area contributed by atoms with Gasteiger partial charge in [0, 0.05) is 102 Å². The molecule has 312 valence electrons. The number of carbonyl (C=O) groups excluding carboxylic acids is 2. The minimum Gasteiger partial charge on any atom is -0.489 e. The van der Waals surface area contributed by atoms with E-state index >= 15 is 0 Å². The third-order valence-corrected chi connectivity index (χ3v) is 9.99. The molecule has 4 aromatic rings. The first kappa shape index (κ1) is 44.1. The van der Waals surface area contributed by atoms with E-state index in [2.05, 4.69) is 15.2 Å². The molecule has 0 radical (unpaired) electrons. The predicted molar refractivity (Wildman–Crippen MR) is 215 cm³/mol. The summed E-state index contributed by atoms with van der Waals surface area (Å²) in [4.78, 5) is 28.2. The third kappa shape index (κ3) is 12.0. The van der Waals surface area contributed by atoms with Gasteiger partial charge < -0.3 is 43.0 Å². The van der Waals surface area contributed by atoms with Crippen LogP contribution in [0.5, 0.6) is 23.0 Å². The second-order valence-corrected chi connectivity index (χ2v) is 14.0. The van der Waals surface area contributed by atoms with Crippen LogP contribution in [0.1, 0.15) is 46.4 Å². The van der Waals surface area contributed by atoms with Crippen molar-refractivity contribution >= 4 is 46.5 Å². The van der Waals surface area contributed by atoms with Crippen LogP contribution in [0.3, 0.4) is 0 Å². The molecule has 0 saturated carbocycles. The van der Waals surface area contributed by atoms with Crippen LogP contribution in [0.15, 0.2) is 72.8 Å². The van der Waals surface area contributed by atoms with Gasteiger partial charge in [-0.25, -0.2) is 19.4 Å². The Morgan fingerprint density at radius 3 is 1.50 bits per heavy atom. The SMILES string of the molecule is COCOc1cc(N2CCC(Oc3cc(F)ccc3Cl)CC2)ccc1C(=O)NN.COCOc1cc(N2CCC(Oc3cc(F)ccc3Cl)CC2)ccc1C(=O)OC. The fourth-order valence-electron chi connectivity index (χ4n) is 6.40. The standard InChI is InChI=1S/C21H23ClFNO5.C20H23ClFN3O4/c1-26-13-28-19-12-15(4-5-17(19)21(25)27-2)24-9-7-16(8-10-24)29-20-11-14(23)3-6-18(20)22;1-27-12-28-18-11-14(3-4-16(18)20(26)24-23)25-8-6-15(7-9-25)29-19-10-13(22)2-5-17(19)21/h3-6,11-12,16H,7-10,13H2,1-2H3;2-5,10-11,15H,6-9,12,23H2,1H3,(H,24,26). The van der Waals surface area contributed by atoms with Gasteiger partial charge in [0.1, 0.15) is 52.4 Å². The average molecular weight is 848 g/mol. The fourth-order valence-corrected chi connectivity index (χ4v) is 6.73. The molecule has 2 saturated heterocycles. The number of anilines is 2. The van der Waals surface area contributed by atoms with Gasteiger partial charge in [0.05, 0.1) is 22.7 Å². The molecular weight excluding hydrogens is 801 g/mol. The first-order valence-electron chi connectivity index (χ1n) is 18.4. The Kier molecular flexibility index (Phi) is 16.4. The summed E-state index contributed by atoms with van der Waals surface area (Å²) < 4.78 is 64.4. The molecule has 0 aliphatic carbocycles. The van der Waals surface area contributed by atoms with Gasteiger partial charge in [-0.15, -0.1) is 0 Å². The van der Waals surface area contributed by atoms with Crippen molar-refractivity contribution in [2.75, 3.05) is 70.9 Å². The van der Waals surface area contributed by atoms with Gasteiger partial charge in [-0.3, -0.25) is 10.2 Å². The molecule has 2 fully saturated rings. The van der Waals surface area contributed by atoms with E-state index < -0.39 is 11.9 Å². The Hall–Kier alpha value is -5.06. The van der Waals surface area contributed by atoms with E-state index in [0.717, 1.165) is 63.2 Å². The summed E-state index contributed by atoms with van der Waals surface area (Å²) in [5.74, 6) is 5.08. The molecule has 58 heavy (non-hydrogen) atoms. The van der Waals surface area contributed by atoms with Crippen LogP contribution in [0.2, 0.25) is 10.0 Å². The summed E-state index contributed by atoms with van der Waals surface area (Å²) in [6, 6.07) is 18.8. The van der Waals surface area contributed by atoms with Gasteiger partial charge in [0.25, 0.3) is 5.91 Å². The number of hydrogen-bond acceptors (Lipinski definition) is 12. The van der Waals surface area contributed by atoms with Gasteiger partial charge in [-0.05, 0) is 48.5 Å². The van der Waals surface area contributed by atoms with Crippen molar-refractivity contribution in [3.05, 3.63) is 106 Å². The summed E-state index contributed by atoms with van der Waals surface area (Å²) in [5, 5.41) is 0.787. The van der Waals surface area contributed by atoms with Crippen LogP contribution in [-0.2, 0) is 14.2 Å². The number of halogens is 4. The number of hydrazine groups is 1. The van der Waals surface area contributed by atoms with Gasteiger partial charge in [0.15, 0.2) is 13.6 Å². The highest BCUT2D eigenvalue weighted by Crippen LogP contribution is 2.33. The molecule has 13 nitrogen and oxygen atoms in total. The smallest absolute Gasteiger partial charge is 0.341 e. The summed E-state index contributed by atoms with van der Waals surface area (Å²) in [6.45, 7) is 2.96. The number of nitrogens with zero attached hydrogens (tertiary/aromatic N) is 2. The van der Waals surface area contributed by atoms with Gasteiger partial charge in [-0.2, -0.15) is 0 Å². The zero-order valence-electron chi connectivity index (χ0n) is 32.3. The Balaban J connectivity index is 0.000000221. The van der Waals surface area contributed by atoms with E-state index in [0.29, 0.717) is 44.2 Å². The summed E-state index contributed by atoms with van der Waals surface area (Å²) in [7, 11) is 4.34. The van der Waals surface area contributed by atoms with E-state index in [4.69, 9.17) is 62.2 Å². The van der Waals surface area contributed by atoms with E-state index in [1.807, 2.05) is 12.1 Å². The van der Waals surface area contributed by atoms with Crippen molar-refractivity contribution in [2.45, 2.75) is 37.9 Å². The lowest BCUT2D eigenvalue weighted by molar-refractivity contribution is 0.0464. The van der Waals surface area contributed by atoms with Crippen LogP contribution >= 0.6 is 23.2 Å². The molecule has 0 bridgehead atoms. The Morgan fingerprint density at radius 2 is 1.09 bits per heavy atom. The number of piperidine rings is 2. The van der Waals surface area contributed by atoms with Gasteiger partial charge >= 0.3 is 5.97 Å². The van der Waals surface area contributed by atoms with E-state index in [1.165, 1.54) is 57.7 Å². The van der Waals surface area contributed by atoms with Crippen LogP contribution in [0.25, 0.3) is 0 Å². The van der Waals surface area contributed by atoms with Crippen molar-refractivity contribution < 1.29 is 51.5 Å². The normalized spacial score (nSPS) is 14.6. The number of nitrogen functional groups attached to an aromatic ring is 1. The van der Waals surface area contributed by atoms with E-state index in [1.54, 1.807) is 24.3 Å². The fraction of sp³-hybridized carbons (Fsp3) is 0.366. The summed E-state index contributed by atoms with van der Waals surface area (Å²) in [6.07, 6.45) is 2.87. The molecule has 0 aromatic heterocycles. The molecule has 17 heteroatoms. The molecule has 0 unspecified atom stereocenters. The first-order valence-corrected chi connectivity index (χ1v) is 19.1. The topological polar surface area (TPSA) is 143 Å². The summed E-state index contributed by atoms with van der Waals surface area (Å²) in [5.41, 5.74) is 4.60. The number of amides is 1. The van der Waals surface area contributed by atoms with E-state index in [-0.39, 0.29) is 37.4 Å². The van der Waals surface area contributed by atoms with Crippen molar-refractivity contribution in [1.82, 2.24) is 5.43 Å². The lowest BCUT2D eigenvalue weighted by Crippen LogP contribution is -2.38. The highest BCUT2D eigenvalue weighted by atomic mass is 35.5. The molecule has 3 N–H and O–H groups in total. The monoisotopic (exact) mass is 846 g/mol. The first-order chi connectivity index (χ1) is 28.0. The quantitative estimate of drug-likeness (QED) is 0.0429. The molecule has 2 aliphatic heterocycles. The van der Waals surface area contributed by atoms with Crippen LogP contribution in [-0.4, -0.2) is 85.2 Å². The largest absolute Gasteiger partial charge is 0.489 e. The minimum absolute atomic E-state index is 0.0125. The molecule has 1 amide bonds. The van der Waals surface area contributed by atoms with Crippen molar-refractivity contribution in [3.8, 4) is 23.0 Å². The van der Waals surface area contributed by atoms with E-state index in [9.17, 15) is 18.4 Å². The highest BCUT2D eigenvalue weighted by Gasteiger charge is 2.25. The molecule has 2 heterocycles. The number of nitrogens with one attached hydrogen (secondary N) is 1. The molecule has 0 atom stereocenters. The molecule has 4 aromatic carbocycles. The number of methoxy groups -OCH3 is 3. The van der Waals surface area contributed by atoms with Gasteiger partial charge in [0.2, 0.25) is 0 Å². The zero-order valence-corrected chi connectivity index (χ0v) is 33.8. The number of hydrogen-bond donors (Lipinski definition) is 2. The Labute approximate surface area is 345 Å². The molecule has 6 rings (SSSR count). The number of benzene rings is 4. The van der Waals surface area contributed by atoms with Crippen molar-refractivity contribution in [3.63, 3.8) is 0 Å². The molecule has 2 aliphatic rings. The lowest BCUT2D eigenvalue weighted by Gasteiger charge is -2.34. The zero-order chi connectivity index (χ0) is 41.6. The molecular formula is C41H46Cl2F2N4O9. The summed E-state index contributed by atoms with van der Waals surface area (Å²) >= 11 is 12.2. The maximum absolute atomic E-state index is 13.4. The highest BCUT2D eigenvalue weighted by molar-refractivity contribution is 6.32. The number of carbonyl (C=O) groups is 2. The van der Waals surface area contributed by atoms with Crippen molar-refractivity contribution in [1.29, 1.82) is 0 Å². The maximum atomic E-state index is 13.4.